The molecular weight excluding hydrogens is 354 g/mol. The Kier molecular flexibility index (Phi) is 4.41. The van der Waals surface area contributed by atoms with Crippen LogP contribution in [-0.4, -0.2) is 34.3 Å². The second-order valence-corrected chi connectivity index (χ2v) is 7.74. The lowest BCUT2D eigenvalue weighted by Crippen LogP contribution is -2.21. The van der Waals surface area contributed by atoms with Crippen molar-refractivity contribution >= 4 is 21.6 Å². The lowest BCUT2D eigenvalue weighted by molar-refractivity contribution is 0.0938. The third-order valence-corrected chi connectivity index (χ3v) is 5.20. The number of H-pyrrole nitrogens is 1. The summed E-state index contributed by atoms with van der Waals surface area (Å²) in [4.78, 5) is 12.9. The van der Waals surface area contributed by atoms with Gasteiger partial charge in [-0.25, -0.2) is 4.68 Å². The third-order valence-electron chi connectivity index (χ3n) is 3.89. The molecule has 2 heterocycles. The minimum Gasteiger partial charge on any atom is -0.281 e. The summed E-state index contributed by atoms with van der Waals surface area (Å²) in [6.45, 7) is 6.99. The first kappa shape index (κ1) is 17.9. The molecule has 0 aliphatic rings. The molecule has 0 aliphatic carbocycles. The highest BCUT2D eigenvalue weighted by Gasteiger charge is 2.30. The number of rotatable bonds is 4. The molecule has 0 amide bonds. The fraction of sp³-hybridized carbons (Fsp3) is 0.235. The van der Waals surface area contributed by atoms with Gasteiger partial charge in [0.15, 0.2) is 0 Å². The van der Waals surface area contributed by atoms with Gasteiger partial charge in [-0.3, -0.25) is 14.6 Å². The molecule has 2 N–H and O–H groups in total. The maximum absolute atomic E-state index is 12.9. The molecule has 3 aromatic rings. The van der Waals surface area contributed by atoms with Crippen molar-refractivity contribution in [3.8, 4) is 0 Å². The first-order valence-electron chi connectivity index (χ1n) is 7.91. The summed E-state index contributed by atoms with van der Waals surface area (Å²) in [7, 11) is -4.05. The highest BCUT2D eigenvalue weighted by molar-refractivity contribution is 7.92. The number of aryl methyl sites for hydroxylation is 4. The second kappa shape index (κ2) is 6.41. The van der Waals surface area contributed by atoms with E-state index in [1.807, 2.05) is 6.92 Å². The summed E-state index contributed by atoms with van der Waals surface area (Å²) < 4.78 is 29.2. The van der Waals surface area contributed by atoms with Crippen LogP contribution in [0.1, 0.15) is 33.0 Å². The van der Waals surface area contributed by atoms with E-state index in [1.165, 1.54) is 4.68 Å². The van der Waals surface area contributed by atoms with Gasteiger partial charge in [0.25, 0.3) is 15.9 Å². The van der Waals surface area contributed by atoms with E-state index >= 15 is 0 Å². The minimum absolute atomic E-state index is 0.0317. The van der Waals surface area contributed by atoms with E-state index in [2.05, 4.69) is 20.0 Å². The molecule has 0 saturated carbocycles. The van der Waals surface area contributed by atoms with E-state index in [1.54, 1.807) is 51.1 Å². The van der Waals surface area contributed by atoms with E-state index in [9.17, 15) is 13.2 Å². The number of carbonyl (C=O) groups is 1. The van der Waals surface area contributed by atoms with Crippen molar-refractivity contribution in [1.82, 2.24) is 20.0 Å². The van der Waals surface area contributed by atoms with E-state index < -0.39 is 15.9 Å². The van der Waals surface area contributed by atoms with Gasteiger partial charge in [0.1, 0.15) is 5.56 Å². The Hall–Kier alpha value is -2.94. The molecule has 0 bridgehead atoms. The van der Waals surface area contributed by atoms with Gasteiger partial charge < -0.3 is 0 Å². The lowest BCUT2D eigenvalue weighted by Gasteiger charge is -2.09. The third kappa shape index (κ3) is 3.25. The van der Waals surface area contributed by atoms with Gasteiger partial charge in [-0.15, -0.1) is 0 Å². The molecule has 0 radical (unpaired) electrons. The van der Waals surface area contributed by atoms with Crippen molar-refractivity contribution in [2.75, 3.05) is 4.72 Å². The number of nitrogens with one attached hydrogen (secondary N) is 2. The molecule has 2 aromatic heterocycles. The predicted octanol–water partition coefficient (Wildman–Crippen LogP) is 2.33. The van der Waals surface area contributed by atoms with Crippen LogP contribution in [0.25, 0.3) is 0 Å². The van der Waals surface area contributed by atoms with Crippen LogP contribution < -0.4 is 4.72 Å². The number of carbonyl (C=O) groups excluding carboxylic acids is 1. The van der Waals surface area contributed by atoms with Crippen LogP contribution in [0.5, 0.6) is 0 Å². The minimum atomic E-state index is -4.05. The summed E-state index contributed by atoms with van der Waals surface area (Å²) in [5, 5.41) is 10.2. The zero-order valence-corrected chi connectivity index (χ0v) is 15.7. The van der Waals surface area contributed by atoms with Crippen molar-refractivity contribution in [1.29, 1.82) is 0 Å². The average Bonchev–Trinajstić information content (AvgIpc) is 3.11. The molecule has 26 heavy (non-hydrogen) atoms. The van der Waals surface area contributed by atoms with Crippen LogP contribution in [0.3, 0.4) is 0 Å². The first-order chi connectivity index (χ1) is 12.2. The normalized spacial score (nSPS) is 11.5. The summed E-state index contributed by atoms with van der Waals surface area (Å²) in [6, 6.07) is 8.61. The molecular formula is C17H19N5O3S. The standard InChI is InChI=1S/C17H19N5O3S/c1-10-5-7-14(8-6-10)21-26(24,25)16-15(13(4)18-19-16)17(23)22-12(3)9-11(2)20-22/h5-9,21H,1-4H3,(H,18,19). The molecule has 136 valence electrons. The van der Waals surface area contributed by atoms with Crippen molar-refractivity contribution in [3.05, 3.63) is 58.5 Å². The number of aromatic nitrogens is 4. The maximum Gasteiger partial charge on any atom is 0.283 e. The Morgan fingerprint density at radius 2 is 1.77 bits per heavy atom. The number of hydrogen-bond acceptors (Lipinski definition) is 5. The Balaban J connectivity index is 2.02. The highest BCUT2D eigenvalue weighted by Crippen LogP contribution is 2.22. The first-order valence-corrected chi connectivity index (χ1v) is 9.40. The van der Waals surface area contributed by atoms with E-state index in [0.717, 1.165) is 5.56 Å². The zero-order valence-electron chi connectivity index (χ0n) is 14.9. The number of anilines is 1. The van der Waals surface area contributed by atoms with Crippen LogP contribution in [0.4, 0.5) is 5.69 Å². The molecule has 0 aliphatic heterocycles. The van der Waals surface area contributed by atoms with Gasteiger partial charge in [0.05, 0.1) is 5.69 Å². The molecule has 8 nitrogen and oxygen atoms in total. The summed E-state index contributed by atoms with van der Waals surface area (Å²) in [6.07, 6.45) is 0. The largest absolute Gasteiger partial charge is 0.283 e. The lowest BCUT2D eigenvalue weighted by atomic mass is 10.2. The number of benzene rings is 1. The van der Waals surface area contributed by atoms with Crippen LogP contribution in [-0.2, 0) is 10.0 Å². The molecule has 0 spiro atoms. The zero-order chi connectivity index (χ0) is 19.1. The number of aromatic amines is 1. The fourth-order valence-electron chi connectivity index (χ4n) is 2.62. The SMILES string of the molecule is Cc1ccc(NS(=O)(=O)c2n[nH]c(C)c2C(=O)n2nc(C)cc2C)cc1. The monoisotopic (exact) mass is 373 g/mol. The van der Waals surface area contributed by atoms with Crippen LogP contribution in [0.2, 0.25) is 0 Å². The van der Waals surface area contributed by atoms with Gasteiger partial charge in [0, 0.05) is 17.1 Å². The van der Waals surface area contributed by atoms with Crippen molar-refractivity contribution in [2.24, 2.45) is 0 Å². The summed E-state index contributed by atoms with van der Waals surface area (Å²) in [5.41, 5.74) is 2.99. The van der Waals surface area contributed by atoms with Crippen LogP contribution in [0.15, 0.2) is 35.4 Å². The fourth-order valence-corrected chi connectivity index (χ4v) is 3.84. The van der Waals surface area contributed by atoms with Gasteiger partial charge >= 0.3 is 0 Å². The van der Waals surface area contributed by atoms with Gasteiger partial charge in [-0.1, -0.05) is 17.7 Å². The summed E-state index contributed by atoms with van der Waals surface area (Å²) in [5.74, 6) is -0.550. The Labute approximate surface area is 151 Å². The van der Waals surface area contributed by atoms with E-state index in [0.29, 0.717) is 22.8 Å². The summed E-state index contributed by atoms with van der Waals surface area (Å²) >= 11 is 0. The second-order valence-electron chi connectivity index (χ2n) is 6.14. The van der Waals surface area contributed by atoms with Crippen LogP contribution >= 0.6 is 0 Å². The molecule has 0 saturated heterocycles. The number of nitrogens with zero attached hydrogens (tertiary/aromatic N) is 3. The van der Waals surface area contributed by atoms with Crippen molar-refractivity contribution in [2.45, 2.75) is 32.7 Å². The average molecular weight is 373 g/mol. The van der Waals surface area contributed by atoms with E-state index in [4.69, 9.17) is 0 Å². The van der Waals surface area contributed by atoms with E-state index in [-0.39, 0.29) is 10.6 Å². The Morgan fingerprint density at radius 3 is 2.35 bits per heavy atom. The predicted molar refractivity (Wildman–Crippen MR) is 96.7 cm³/mol. The number of sulfonamides is 1. The quantitative estimate of drug-likeness (QED) is 0.729. The molecule has 0 unspecified atom stereocenters. The topological polar surface area (TPSA) is 110 Å². The molecule has 3 rings (SSSR count). The van der Waals surface area contributed by atoms with Gasteiger partial charge in [-0.2, -0.15) is 18.6 Å². The molecule has 1 aromatic carbocycles. The van der Waals surface area contributed by atoms with Gasteiger partial charge in [-0.05, 0) is 45.9 Å². The Morgan fingerprint density at radius 1 is 1.12 bits per heavy atom. The van der Waals surface area contributed by atoms with Crippen LogP contribution in [0, 0.1) is 27.7 Å². The highest BCUT2D eigenvalue weighted by atomic mass is 32.2. The maximum atomic E-state index is 12.9. The smallest absolute Gasteiger partial charge is 0.281 e. The molecule has 0 fully saturated rings. The van der Waals surface area contributed by atoms with Crippen molar-refractivity contribution in [3.63, 3.8) is 0 Å². The molecule has 9 heteroatoms. The molecule has 0 atom stereocenters. The van der Waals surface area contributed by atoms with Crippen molar-refractivity contribution < 1.29 is 13.2 Å². The Bertz CT molecular complexity index is 1080. The number of hydrogen-bond donors (Lipinski definition) is 2. The van der Waals surface area contributed by atoms with Gasteiger partial charge in [0.2, 0.25) is 5.03 Å².